The van der Waals surface area contributed by atoms with E-state index < -0.39 is 0 Å². The molecule has 0 radical (unpaired) electrons. The van der Waals surface area contributed by atoms with Crippen molar-refractivity contribution in [3.05, 3.63) is 10.4 Å². The van der Waals surface area contributed by atoms with Crippen molar-refractivity contribution in [2.75, 3.05) is 92.2 Å². The lowest BCUT2D eigenvalue weighted by atomic mass is 9.94. The Morgan fingerprint density at radius 3 is 1.11 bits per heavy atom. The fourth-order valence-corrected chi connectivity index (χ4v) is 8.34. The Morgan fingerprint density at radius 2 is 0.712 bits per heavy atom. The first-order valence-electron chi connectivity index (χ1n) is 27.9. The van der Waals surface area contributed by atoms with Crippen LogP contribution in [0.15, 0.2) is 5.11 Å². The van der Waals surface area contributed by atoms with Gasteiger partial charge in [0.15, 0.2) is 0 Å². The molecular weight excluding hydrogens is 833 g/mol. The lowest BCUT2D eigenvalue weighted by molar-refractivity contribution is -0.150. The Bertz CT molecular complexity index is 1010. The molecule has 0 aliphatic carbocycles. The van der Waals surface area contributed by atoms with Crippen LogP contribution in [0.5, 0.6) is 0 Å². The number of carbonyl (C=O) groups is 2. The number of esters is 2. The van der Waals surface area contributed by atoms with Gasteiger partial charge in [-0.2, -0.15) is 0 Å². The zero-order chi connectivity index (χ0) is 48.1. The summed E-state index contributed by atoms with van der Waals surface area (Å²) in [5.74, 6) is 0.206. The van der Waals surface area contributed by atoms with Crippen LogP contribution in [0.1, 0.15) is 233 Å². The predicted molar refractivity (Wildman–Crippen MR) is 273 cm³/mol. The number of hydrogen-bond acceptors (Lipinski definition) is 10. The van der Waals surface area contributed by atoms with E-state index in [2.05, 4.69) is 42.6 Å². The van der Waals surface area contributed by atoms with Gasteiger partial charge < -0.3 is 33.3 Å². The number of azide groups is 1. The molecule has 0 bridgehead atoms. The molecule has 0 aliphatic rings. The van der Waals surface area contributed by atoms with Crippen molar-refractivity contribution in [1.82, 2.24) is 4.90 Å². The van der Waals surface area contributed by atoms with Crippen molar-refractivity contribution in [2.45, 2.75) is 233 Å². The first kappa shape index (κ1) is 64.0. The molecule has 390 valence electrons. The SMILES string of the molecule is CCCCCCCCC(CCCCCC)C(=O)OCCCCCCN(CCCCCCOC(=O)C(CCCCCC)CCCCCCCC)CCOCCOCCOCCOCCN=[N+]=[N-]. The maximum Gasteiger partial charge on any atom is 0.308 e. The third kappa shape index (κ3) is 45.8. The van der Waals surface area contributed by atoms with Crippen LogP contribution in [-0.2, 0) is 38.0 Å². The van der Waals surface area contributed by atoms with E-state index in [-0.39, 0.29) is 23.8 Å². The quantitative estimate of drug-likeness (QED) is 0.0191. The largest absolute Gasteiger partial charge is 0.465 e. The minimum atomic E-state index is 0.0374. The monoisotopic (exact) mass is 939 g/mol. The minimum absolute atomic E-state index is 0.0374. The van der Waals surface area contributed by atoms with Crippen LogP contribution < -0.4 is 0 Å². The molecule has 0 saturated carbocycles. The summed E-state index contributed by atoms with van der Waals surface area (Å²) >= 11 is 0. The van der Waals surface area contributed by atoms with Gasteiger partial charge in [0.25, 0.3) is 0 Å². The van der Waals surface area contributed by atoms with Crippen molar-refractivity contribution in [1.29, 1.82) is 0 Å². The molecule has 0 saturated heterocycles. The maximum absolute atomic E-state index is 13.1. The second-order valence-electron chi connectivity index (χ2n) is 18.6. The first-order chi connectivity index (χ1) is 32.5. The normalized spacial score (nSPS) is 12.4. The van der Waals surface area contributed by atoms with Crippen molar-refractivity contribution in [3.8, 4) is 0 Å². The molecule has 12 heteroatoms. The fraction of sp³-hybridized carbons (Fsp3) is 0.963. The number of hydrogen-bond donors (Lipinski definition) is 0. The van der Waals surface area contributed by atoms with E-state index in [0.717, 1.165) is 122 Å². The van der Waals surface area contributed by atoms with Gasteiger partial charge >= 0.3 is 11.9 Å². The van der Waals surface area contributed by atoms with E-state index in [1.54, 1.807) is 0 Å². The Kier molecular flexibility index (Phi) is 52.4. The van der Waals surface area contributed by atoms with Gasteiger partial charge in [-0.3, -0.25) is 9.59 Å². The van der Waals surface area contributed by atoms with Gasteiger partial charge in [0.2, 0.25) is 0 Å². The Balaban J connectivity index is 4.71. The van der Waals surface area contributed by atoms with Crippen molar-refractivity contribution < 1.29 is 38.0 Å². The first-order valence-corrected chi connectivity index (χ1v) is 27.9. The lowest BCUT2D eigenvalue weighted by Crippen LogP contribution is -2.30. The highest BCUT2D eigenvalue weighted by Gasteiger charge is 2.20. The summed E-state index contributed by atoms with van der Waals surface area (Å²) in [5, 5.41) is 3.44. The van der Waals surface area contributed by atoms with E-state index in [4.69, 9.17) is 34.0 Å². The summed E-state index contributed by atoms with van der Waals surface area (Å²) in [6.07, 6.45) is 37.0. The van der Waals surface area contributed by atoms with Crippen molar-refractivity contribution in [2.24, 2.45) is 17.0 Å². The average molecular weight is 939 g/mol. The Labute approximate surface area is 406 Å². The highest BCUT2D eigenvalue weighted by atomic mass is 16.6. The molecule has 0 spiro atoms. The van der Waals surface area contributed by atoms with Gasteiger partial charge in [0, 0.05) is 18.0 Å². The van der Waals surface area contributed by atoms with Gasteiger partial charge in [-0.25, -0.2) is 0 Å². The summed E-state index contributed by atoms with van der Waals surface area (Å²) in [6.45, 7) is 17.4. The highest BCUT2D eigenvalue weighted by Crippen LogP contribution is 2.22. The van der Waals surface area contributed by atoms with Gasteiger partial charge in [-0.15, -0.1) is 0 Å². The van der Waals surface area contributed by atoms with E-state index in [0.29, 0.717) is 72.6 Å². The topological polar surface area (TPSA) is 142 Å². The summed E-state index contributed by atoms with van der Waals surface area (Å²) in [4.78, 5) is 31.4. The summed E-state index contributed by atoms with van der Waals surface area (Å²) in [6, 6.07) is 0. The third-order valence-electron chi connectivity index (χ3n) is 12.6. The molecule has 2 unspecified atom stereocenters. The molecule has 0 aromatic heterocycles. The van der Waals surface area contributed by atoms with Crippen LogP contribution in [0, 0.1) is 11.8 Å². The number of carbonyl (C=O) groups excluding carboxylic acids is 2. The molecule has 2 atom stereocenters. The molecule has 0 aromatic rings. The number of ether oxygens (including phenoxy) is 6. The van der Waals surface area contributed by atoms with Crippen molar-refractivity contribution >= 4 is 11.9 Å². The fourth-order valence-electron chi connectivity index (χ4n) is 8.34. The Hall–Kier alpha value is -1.95. The zero-order valence-electron chi connectivity index (χ0n) is 43.7. The Morgan fingerprint density at radius 1 is 0.394 bits per heavy atom. The second-order valence-corrected chi connectivity index (χ2v) is 18.6. The smallest absolute Gasteiger partial charge is 0.308 e. The number of nitrogens with zero attached hydrogens (tertiary/aromatic N) is 4. The molecule has 0 aliphatic heterocycles. The van der Waals surface area contributed by atoms with Gasteiger partial charge in [0.05, 0.1) is 77.9 Å². The average Bonchev–Trinajstić information content (AvgIpc) is 3.32. The molecule has 0 heterocycles. The van der Waals surface area contributed by atoms with E-state index in [1.807, 2.05) is 0 Å². The molecule has 0 amide bonds. The number of unbranched alkanes of at least 4 members (excludes halogenated alkanes) is 22. The van der Waals surface area contributed by atoms with E-state index in [9.17, 15) is 9.59 Å². The van der Waals surface area contributed by atoms with Crippen LogP contribution in [-0.4, -0.2) is 109 Å². The zero-order valence-corrected chi connectivity index (χ0v) is 43.7. The van der Waals surface area contributed by atoms with E-state index in [1.165, 1.54) is 103 Å². The molecule has 12 nitrogen and oxygen atoms in total. The minimum Gasteiger partial charge on any atom is -0.465 e. The molecular formula is C54H106N4O8. The maximum atomic E-state index is 13.1. The predicted octanol–water partition coefficient (Wildman–Crippen LogP) is 14.5. The summed E-state index contributed by atoms with van der Waals surface area (Å²) in [5.41, 5.74) is 8.29. The van der Waals surface area contributed by atoms with Crippen LogP contribution in [0.3, 0.4) is 0 Å². The van der Waals surface area contributed by atoms with Crippen LogP contribution in [0.25, 0.3) is 10.4 Å². The van der Waals surface area contributed by atoms with Crippen molar-refractivity contribution in [3.63, 3.8) is 0 Å². The highest BCUT2D eigenvalue weighted by molar-refractivity contribution is 5.72. The van der Waals surface area contributed by atoms with Crippen LogP contribution in [0.4, 0.5) is 0 Å². The second kappa shape index (κ2) is 54.0. The third-order valence-corrected chi connectivity index (χ3v) is 12.6. The number of rotatable bonds is 55. The van der Waals surface area contributed by atoms with Crippen LogP contribution >= 0.6 is 0 Å². The summed E-state index contributed by atoms with van der Waals surface area (Å²) < 4.78 is 34.2. The van der Waals surface area contributed by atoms with Gasteiger partial charge in [0.1, 0.15) is 0 Å². The molecule has 66 heavy (non-hydrogen) atoms. The van der Waals surface area contributed by atoms with Gasteiger partial charge in [-0.1, -0.05) is 187 Å². The lowest BCUT2D eigenvalue weighted by Gasteiger charge is -2.22. The van der Waals surface area contributed by atoms with Gasteiger partial charge in [-0.05, 0) is 70.0 Å². The molecule has 0 rings (SSSR count). The van der Waals surface area contributed by atoms with Crippen LogP contribution in [0.2, 0.25) is 0 Å². The molecule has 0 N–H and O–H groups in total. The standard InChI is InChI=1S/C54H106N4O8/c1-5-9-13-17-19-27-35-51(33-25-15-11-7-3)53(59)65-41-31-23-21-29-38-58(40-44-62-46-48-64-50-49-63-47-45-61-43-37-56-57-55)39-30-22-24-32-42-66-54(60)52(34-26-16-12-8-4)36-28-20-18-14-10-6-2/h51-52H,5-50H2,1-4H3. The summed E-state index contributed by atoms with van der Waals surface area (Å²) in [7, 11) is 0. The van der Waals surface area contributed by atoms with E-state index >= 15 is 0 Å². The molecule has 0 aromatic carbocycles. The molecule has 0 fully saturated rings.